The molecule has 0 unspecified atom stereocenters. The molecule has 8 heteroatoms. The Labute approximate surface area is 153 Å². The predicted molar refractivity (Wildman–Crippen MR) is 98.7 cm³/mol. The van der Waals surface area contributed by atoms with Crippen molar-refractivity contribution in [2.75, 3.05) is 5.32 Å². The molecule has 1 aliphatic carbocycles. The van der Waals surface area contributed by atoms with Crippen LogP contribution in [-0.2, 0) is 13.6 Å². The van der Waals surface area contributed by atoms with Crippen molar-refractivity contribution in [3.8, 4) is 0 Å². The summed E-state index contributed by atoms with van der Waals surface area (Å²) >= 11 is 3.46. The van der Waals surface area contributed by atoms with Crippen LogP contribution < -0.4 is 5.32 Å². The summed E-state index contributed by atoms with van der Waals surface area (Å²) in [6, 6.07) is 1.90. The van der Waals surface area contributed by atoms with Crippen molar-refractivity contribution in [1.29, 1.82) is 0 Å². The Kier molecular flexibility index (Phi) is 4.07. The third-order valence-corrected chi connectivity index (χ3v) is 4.95. The Bertz CT molecular complexity index is 956. The van der Waals surface area contributed by atoms with E-state index in [2.05, 4.69) is 43.4 Å². The second-order valence-electron chi connectivity index (χ2n) is 6.42. The van der Waals surface area contributed by atoms with Crippen LogP contribution in [0.4, 0.5) is 5.82 Å². The standard InChI is InChI=1S/C17H19BrN6O/c1-3-6-24-9-13(18)15(22-24)21-17(25)11-7-14(10-4-5-10)20-16-12(11)8-19-23(16)2/h7-10H,3-6H2,1-2H3,(H,21,22,25). The molecule has 1 N–H and O–H groups in total. The summed E-state index contributed by atoms with van der Waals surface area (Å²) in [6.07, 6.45) is 6.81. The van der Waals surface area contributed by atoms with Crippen molar-refractivity contribution in [2.45, 2.75) is 38.6 Å². The predicted octanol–water partition coefficient (Wildman–Crippen LogP) is 3.47. The molecule has 0 saturated heterocycles. The van der Waals surface area contributed by atoms with Gasteiger partial charge in [-0.25, -0.2) is 4.98 Å². The fourth-order valence-corrected chi connectivity index (χ4v) is 3.33. The summed E-state index contributed by atoms with van der Waals surface area (Å²) in [5, 5.41) is 12.3. The quantitative estimate of drug-likeness (QED) is 0.708. The second kappa shape index (κ2) is 6.25. The molecule has 0 aliphatic heterocycles. The molecule has 1 amide bonds. The van der Waals surface area contributed by atoms with Gasteiger partial charge in [0.15, 0.2) is 11.5 Å². The maximum Gasteiger partial charge on any atom is 0.257 e. The monoisotopic (exact) mass is 402 g/mol. The number of halogens is 1. The molecule has 25 heavy (non-hydrogen) atoms. The summed E-state index contributed by atoms with van der Waals surface area (Å²) < 4.78 is 4.30. The molecule has 7 nitrogen and oxygen atoms in total. The SMILES string of the molecule is CCCn1cc(Br)c(NC(=O)c2cc(C3CC3)nc3c2cnn3C)n1. The van der Waals surface area contributed by atoms with Crippen molar-refractivity contribution in [3.63, 3.8) is 0 Å². The van der Waals surface area contributed by atoms with Gasteiger partial charge >= 0.3 is 0 Å². The van der Waals surface area contributed by atoms with E-state index < -0.39 is 0 Å². The van der Waals surface area contributed by atoms with Crippen LogP contribution in [-0.4, -0.2) is 30.5 Å². The summed E-state index contributed by atoms with van der Waals surface area (Å²) in [7, 11) is 1.84. The first-order chi connectivity index (χ1) is 12.1. The first-order valence-electron chi connectivity index (χ1n) is 8.43. The van der Waals surface area contributed by atoms with E-state index in [1.165, 1.54) is 0 Å². The van der Waals surface area contributed by atoms with E-state index in [-0.39, 0.29) is 5.91 Å². The number of carbonyl (C=O) groups is 1. The Balaban J connectivity index is 1.70. The number of carbonyl (C=O) groups excluding carboxylic acids is 1. The number of hydrogen-bond donors (Lipinski definition) is 1. The van der Waals surface area contributed by atoms with Crippen LogP contribution >= 0.6 is 15.9 Å². The van der Waals surface area contributed by atoms with Gasteiger partial charge in [0.05, 0.1) is 21.6 Å². The Morgan fingerprint density at radius 1 is 1.44 bits per heavy atom. The number of hydrogen-bond acceptors (Lipinski definition) is 4. The van der Waals surface area contributed by atoms with Crippen LogP contribution in [0.5, 0.6) is 0 Å². The first kappa shape index (κ1) is 16.3. The van der Waals surface area contributed by atoms with Gasteiger partial charge in [-0.1, -0.05) is 6.92 Å². The smallest absolute Gasteiger partial charge is 0.257 e. The number of amides is 1. The first-order valence-corrected chi connectivity index (χ1v) is 9.23. The van der Waals surface area contributed by atoms with Gasteiger partial charge < -0.3 is 5.32 Å². The van der Waals surface area contributed by atoms with Crippen LogP contribution in [0.1, 0.15) is 48.2 Å². The summed E-state index contributed by atoms with van der Waals surface area (Å²) in [6.45, 7) is 2.89. The highest BCUT2D eigenvalue weighted by molar-refractivity contribution is 9.10. The van der Waals surface area contributed by atoms with Crippen molar-refractivity contribution >= 4 is 38.7 Å². The van der Waals surface area contributed by atoms with Crippen molar-refractivity contribution < 1.29 is 4.79 Å². The van der Waals surface area contributed by atoms with E-state index in [1.54, 1.807) is 10.9 Å². The minimum atomic E-state index is -0.190. The normalized spacial score (nSPS) is 14.2. The number of nitrogens with zero attached hydrogens (tertiary/aromatic N) is 5. The summed E-state index contributed by atoms with van der Waals surface area (Å²) in [5.74, 6) is 0.798. The largest absolute Gasteiger partial charge is 0.304 e. The van der Waals surface area contributed by atoms with Gasteiger partial charge in [0.2, 0.25) is 0 Å². The van der Waals surface area contributed by atoms with E-state index in [9.17, 15) is 4.79 Å². The molecule has 0 radical (unpaired) electrons. The molecule has 1 fully saturated rings. The fourth-order valence-electron chi connectivity index (χ4n) is 2.91. The Morgan fingerprint density at radius 2 is 2.24 bits per heavy atom. The molecule has 0 spiro atoms. The number of nitrogens with one attached hydrogen (secondary N) is 1. The van der Waals surface area contributed by atoms with Crippen LogP contribution in [0.25, 0.3) is 11.0 Å². The Hall–Kier alpha value is -2.22. The molecule has 0 atom stereocenters. The van der Waals surface area contributed by atoms with Crippen molar-refractivity contribution in [1.82, 2.24) is 24.5 Å². The Morgan fingerprint density at radius 3 is 2.96 bits per heavy atom. The van der Waals surface area contributed by atoms with Gasteiger partial charge in [0.25, 0.3) is 5.91 Å². The lowest BCUT2D eigenvalue weighted by Gasteiger charge is -2.07. The molecule has 130 valence electrons. The van der Waals surface area contributed by atoms with Crippen LogP contribution in [0.3, 0.4) is 0 Å². The van der Waals surface area contributed by atoms with Crippen molar-refractivity contribution in [2.24, 2.45) is 7.05 Å². The average molecular weight is 403 g/mol. The number of pyridine rings is 1. The highest BCUT2D eigenvalue weighted by Gasteiger charge is 2.28. The van der Waals surface area contributed by atoms with Gasteiger partial charge in [0, 0.05) is 31.4 Å². The molecule has 0 bridgehead atoms. The molecule has 3 aromatic heterocycles. The van der Waals surface area contributed by atoms with Gasteiger partial charge in [-0.15, -0.1) is 0 Å². The zero-order valence-corrected chi connectivity index (χ0v) is 15.7. The highest BCUT2D eigenvalue weighted by atomic mass is 79.9. The molecule has 0 aromatic carbocycles. The molecule has 3 heterocycles. The number of aryl methyl sites for hydroxylation is 2. The lowest BCUT2D eigenvalue weighted by atomic mass is 10.1. The van der Waals surface area contributed by atoms with E-state index in [0.717, 1.165) is 47.0 Å². The number of rotatable bonds is 5. The maximum absolute atomic E-state index is 12.9. The zero-order chi connectivity index (χ0) is 17.6. The average Bonchev–Trinajstić information content (AvgIpc) is 3.30. The van der Waals surface area contributed by atoms with Crippen LogP contribution in [0.15, 0.2) is 22.9 Å². The number of aromatic nitrogens is 5. The third kappa shape index (κ3) is 3.06. The number of anilines is 1. The number of fused-ring (bicyclic) bond motifs is 1. The van der Waals surface area contributed by atoms with Crippen LogP contribution in [0, 0.1) is 0 Å². The van der Waals surface area contributed by atoms with Gasteiger partial charge in [0.1, 0.15) is 0 Å². The van der Waals surface area contributed by atoms with Gasteiger partial charge in [-0.05, 0) is 41.3 Å². The molecule has 4 rings (SSSR count). The second-order valence-corrected chi connectivity index (χ2v) is 7.27. The molecular formula is C17H19BrN6O. The third-order valence-electron chi connectivity index (χ3n) is 4.37. The molecule has 1 saturated carbocycles. The molecule has 1 aliphatic rings. The van der Waals surface area contributed by atoms with Gasteiger partial charge in [-0.3, -0.25) is 14.2 Å². The minimum absolute atomic E-state index is 0.190. The lowest BCUT2D eigenvalue weighted by Crippen LogP contribution is -2.14. The molecular weight excluding hydrogens is 384 g/mol. The van der Waals surface area contributed by atoms with E-state index in [1.807, 2.05) is 24.0 Å². The maximum atomic E-state index is 12.9. The molecule has 3 aromatic rings. The van der Waals surface area contributed by atoms with E-state index in [0.29, 0.717) is 17.3 Å². The van der Waals surface area contributed by atoms with Gasteiger partial charge in [-0.2, -0.15) is 10.2 Å². The topological polar surface area (TPSA) is 77.6 Å². The lowest BCUT2D eigenvalue weighted by molar-refractivity contribution is 0.102. The highest BCUT2D eigenvalue weighted by Crippen LogP contribution is 2.40. The van der Waals surface area contributed by atoms with Crippen LogP contribution in [0.2, 0.25) is 0 Å². The minimum Gasteiger partial charge on any atom is -0.304 e. The summed E-state index contributed by atoms with van der Waals surface area (Å²) in [5.41, 5.74) is 2.30. The van der Waals surface area contributed by atoms with Crippen molar-refractivity contribution in [3.05, 3.63) is 34.2 Å². The fraction of sp³-hybridized carbons (Fsp3) is 0.412. The van der Waals surface area contributed by atoms with E-state index in [4.69, 9.17) is 0 Å². The van der Waals surface area contributed by atoms with E-state index >= 15 is 0 Å². The summed E-state index contributed by atoms with van der Waals surface area (Å²) in [4.78, 5) is 17.6. The zero-order valence-electron chi connectivity index (χ0n) is 14.2.